The van der Waals surface area contributed by atoms with Crippen LogP contribution in [0.3, 0.4) is 0 Å². The largest absolute Gasteiger partial charge is 2.00 e. The Kier molecular flexibility index (Phi) is 15.1. The average molecular weight is 857 g/mol. The van der Waals surface area contributed by atoms with Gasteiger partial charge in [0.15, 0.2) is 0 Å². The number of hydrogen-bond acceptors (Lipinski definition) is 14. The molecule has 2 aliphatic heterocycles. The SMILES string of the molecule is Cc1noc(C)c1-c1cccc(COc2ccc(C3(OCC(=O)[O-])COC3)cc2)c1.Cc1noc(C)c1-c1cccc(COc2ccc(C3(OCC(=O)[O-])COC3)cc2)c1.[Ca+2]. The van der Waals surface area contributed by atoms with E-state index >= 15 is 0 Å². The van der Waals surface area contributed by atoms with Gasteiger partial charge in [-0.3, -0.25) is 0 Å². The summed E-state index contributed by atoms with van der Waals surface area (Å²) in [5.74, 6) is 0.487. The summed E-state index contributed by atoms with van der Waals surface area (Å²) in [5, 5.41) is 29.5. The van der Waals surface area contributed by atoms with Gasteiger partial charge in [-0.2, -0.15) is 0 Å². The van der Waals surface area contributed by atoms with Gasteiger partial charge < -0.3 is 57.3 Å². The molecule has 0 spiro atoms. The number of carbonyl (C=O) groups is 2. The molecule has 2 saturated heterocycles. The predicted molar refractivity (Wildman–Crippen MR) is 217 cm³/mol. The Balaban J connectivity index is 0.000000201. The van der Waals surface area contributed by atoms with E-state index < -0.39 is 36.4 Å². The summed E-state index contributed by atoms with van der Waals surface area (Å²) in [6.07, 6.45) is 0. The first kappa shape index (κ1) is 45.5. The molecular weight excluding hydrogens is 813 g/mol. The molecule has 0 radical (unpaired) electrons. The number of hydrogen-bond donors (Lipinski definition) is 0. The maximum atomic E-state index is 10.7. The van der Waals surface area contributed by atoms with Crippen LogP contribution in [0.25, 0.3) is 22.3 Å². The van der Waals surface area contributed by atoms with Gasteiger partial charge in [0, 0.05) is 11.1 Å². The Bertz CT molecular complexity index is 2210. The van der Waals surface area contributed by atoms with Crippen LogP contribution in [0.15, 0.2) is 106 Å². The maximum Gasteiger partial charge on any atom is 2.00 e. The molecule has 4 aromatic carbocycles. The summed E-state index contributed by atoms with van der Waals surface area (Å²) >= 11 is 0. The molecule has 0 N–H and O–H groups in total. The Morgan fingerprint density at radius 1 is 0.590 bits per heavy atom. The van der Waals surface area contributed by atoms with Crippen molar-refractivity contribution < 1.29 is 57.3 Å². The van der Waals surface area contributed by atoms with Crippen molar-refractivity contribution in [3.8, 4) is 33.8 Å². The quantitative estimate of drug-likeness (QED) is 0.122. The zero-order chi connectivity index (χ0) is 42.3. The minimum absolute atomic E-state index is 0. The van der Waals surface area contributed by atoms with Gasteiger partial charge in [-0.15, -0.1) is 0 Å². The molecule has 0 atom stereocenters. The number of benzene rings is 4. The molecule has 2 aliphatic rings. The number of aryl methyl sites for hydroxylation is 4. The summed E-state index contributed by atoms with van der Waals surface area (Å²) in [6.45, 7) is 8.78. The number of aromatic nitrogens is 2. The number of ether oxygens (including phenoxy) is 6. The molecule has 2 fully saturated rings. The van der Waals surface area contributed by atoms with Crippen LogP contribution in [0.5, 0.6) is 11.5 Å². The van der Waals surface area contributed by atoms with Crippen LogP contribution in [0.2, 0.25) is 0 Å². The fourth-order valence-electron chi connectivity index (χ4n) is 7.10. The topological polar surface area (TPSA) is 188 Å². The fourth-order valence-corrected chi connectivity index (χ4v) is 7.10. The van der Waals surface area contributed by atoms with E-state index in [0.29, 0.717) is 51.1 Å². The molecule has 6 aromatic rings. The normalized spacial score (nSPS) is 14.6. The van der Waals surface area contributed by atoms with Crippen molar-refractivity contribution in [3.05, 3.63) is 142 Å². The van der Waals surface area contributed by atoms with Crippen molar-refractivity contribution in [1.29, 1.82) is 0 Å². The molecule has 312 valence electrons. The van der Waals surface area contributed by atoms with Crippen molar-refractivity contribution in [3.63, 3.8) is 0 Å². The second-order valence-corrected chi connectivity index (χ2v) is 14.7. The first-order valence-corrected chi connectivity index (χ1v) is 19.3. The minimum Gasteiger partial charge on any atom is -0.548 e. The van der Waals surface area contributed by atoms with Gasteiger partial charge in [-0.1, -0.05) is 71.0 Å². The van der Waals surface area contributed by atoms with Gasteiger partial charge in [0.1, 0.15) is 47.4 Å². The summed E-state index contributed by atoms with van der Waals surface area (Å²) < 4.78 is 43.9. The Hall–Kier alpha value is -5.06. The number of carbonyl (C=O) groups excluding carboxylic acids is 2. The molecule has 2 aromatic heterocycles. The van der Waals surface area contributed by atoms with E-state index in [4.69, 9.17) is 37.5 Å². The second kappa shape index (κ2) is 20.2. The number of aliphatic carboxylic acids is 2. The van der Waals surface area contributed by atoms with Gasteiger partial charge in [0.25, 0.3) is 0 Å². The third kappa shape index (κ3) is 10.9. The van der Waals surface area contributed by atoms with Crippen molar-refractivity contribution in [2.24, 2.45) is 0 Å². The molecule has 0 aliphatic carbocycles. The zero-order valence-corrected chi connectivity index (χ0v) is 36.6. The van der Waals surface area contributed by atoms with Crippen LogP contribution in [0.4, 0.5) is 0 Å². The van der Waals surface area contributed by atoms with Crippen LogP contribution in [0, 0.1) is 27.7 Å². The number of carboxylic acid groups (broad SMARTS) is 2. The predicted octanol–water partition coefficient (Wildman–Crippen LogP) is 4.68. The minimum atomic E-state index is -1.25. The second-order valence-electron chi connectivity index (χ2n) is 14.7. The monoisotopic (exact) mass is 856 g/mol. The molecular formula is C46H44CaN2O12. The van der Waals surface area contributed by atoms with Crippen LogP contribution >= 0.6 is 0 Å². The van der Waals surface area contributed by atoms with Crippen LogP contribution in [0.1, 0.15) is 45.2 Å². The summed E-state index contributed by atoms with van der Waals surface area (Å²) in [4.78, 5) is 21.4. The van der Waals surface area contributed by atoms with Gasteiger partial charge in [-0.05, 0) is 97.5 Å². The van der Waals surface area contributed by atoms with E-state index in [-0.39, 0.29) is 37.7 Å². The Labute approximate surface area is 382 Å². The molecule has 15 heteroatoms. The first-order valence-electron chi connectivity index (χ1n) is 19.3. The summed E-state index contributed by atoms with van der Waals surface area (Å²) in [5.41, 5.74) is 8.09. The van der Waals surface area contributed by atoms with E-state index in [1.807, 2.05) is 113 Å². The Morgan fingerprint density at radius 3 is 1.26 bits per heavy atom. The van der Waals surface area contributed by atoms with Crippen molar-refractivity contribution in [1.82, 2.24) is 10.3 Å². The van der Waals surface area contributed by atoms with Gasteiger partial charge in [0.05, 0.1) is 63.0 Å². The first-order chi connectivity index (χ1) is 28.9. The smallest absolute Gasteiger partial charge is 0.548 e. The molecule has 0 saturated carbocycles. The summed E-state index contributed by atoms with van der Waals surface area (Å²) in [6, 6.07) is 31.0. The third-order valence-corrected chi connectivity index (χ3v) is 10.3. The fraction of sp³-hybridized carbons (Fsp3) is 0.304. The van der Waals surface area contributed by atoms with Gasteiger partial charge in [-0.25, -0.2) is 0 Å². The number of rotatable bonds is 16. The summed E-state index contributed by atoms with van der Waals surface area (Å²) in [7, 11) is 0. The van der Waals surface area contributed by atoms with Crippen molar-refractivity contribution in [2.45, 2.75) is 52.1 Å². The van der Waals surface area contributed by atoms with Crippen LogP contribution in [-0.2, 0) is 53.0 Å². The maximum absolute atomic E-state index is 10.7. The number of carboxylic acids is 2. The molecule has 14 nitrogen and oxygen atoms in total. The molecule has 0 unspecified atom stereocenters. The average Bonchev–Trinajstić information content (AvgIpc) is 3.74. The van der Waals surface area contributed by atoms with E-state index in [2.05, 4.69) is 22.4 Å². The van der Waals surface area contributed by atoms with Crippen molar-refractivity contribution >= 4 is 49.7 Å². The zero-order valence-electron chi connectivity index (χ0n) is 34.4. The van der Waals surface area contributed by atoms with Gasteiger partial charge in [0.2, 0.25) is 0 Å². The molecule has 8 rings (SSSR count). The number of nitrogens with zero attached hydrogens (tertiary/aromatic N) is 2. The van der Waals surface area contributed by atoms with E-state index in [9.17, 15) is 19.8 Å². The van der Waals surface area contributed by atoms with E-state index in [1.54, 1.807) is 0 Å². The molecule has 4 heterocycles. The third-order valence-electron chi connectivity index (χ3n) is 10.3. The molecule has 61 heavy (non-hydrogen) atoms. The van der Waals surface area contributed by atoms with E-state index in [1.165, 1.54) is 0 Å². The molecule has 0 amide bonds. The van der Waals surface area contributed by atoms with Crippen LogP contribution in [-0.4, -0.2) is 99.6 Å². The standard InChI is InChI=1S/2C23H23NO6.Ca/c2*1-15-22(16(2)30-24-15)18-5-3-4-17(10-18)11-28-20-8-6-19(7-9-20)23(13-27-14-23)29-12-21(25)26;/h2*3-10H,11-14H2,1-2H3,(H,25,26);/q;;+2/p-2. The Morgan fingerprint density at radius 2 is 0.967 bits per heavy atom. The molecule has 0 bridgehead atoms. The van der Waals surface area contributed by atoms with Gasteiger partial charge >= 0.3 is 37.7 Å². The van der Waals surface area contributed by atoms with Crippen molar-refractivity contribution in [2.75, 3.05) is 39.6 Å². The van der Waals surface area contributed by atoms with Crippen LogP contribution < -0.4 is 19.7 Å². The van der Waals surface area contributed by atoms with E-state index in [0.717, 1.165) is 67.4 Å².